The Morgan fingerprint density at radius 3 is 1.80 bits per heavy atom. The Morgan fingerprint density at radius 2 is 1.80 bits per heavy atom. The van der Waals surface area contributed by atoms with Gasteiger partial charge in [-0.1, -0.05) is 0 Å². The van der Waals surface area contributed by atoms with Crippen molar-refractivity contribution in [3.8, 4) is 0 Å². The zero-order valence-electron chi connectivity index (χ0n) is 2.73. The first kappa shape index (κ1) is 2.12. The molecule has 28 valence electrons. The molecule has 3 aliphatic heterocycles. The van der Waals surface area contributed by atoms with E-state index in [2.05, 4.69) is 10.9 Å². The summed E-state index contributed by atoms with van der Waals surface area (Å²) < 4.78 is 0. The van der Waals surface area contributed by atoms with Crippen molar-refractivity contribution in [2.24, 2.45) is 0 Å². The van der Waals surface area contributed by atoms with Gasteiger partial charge in [-0.25, -0.2) is 10.9 Å². The van der Waals surface area contributed by atoms with E-state index in [1.54, 1.807) is 0 Å². The molecule has 3 fully saturated rings. The Labute approximate surface area is 29.9 Å². The van der Waals surface area contributed by atoms with Crippen molar-refractivity contribution in [3.05, 3.63) is 0 Å². The number of nitrogens with one attached hydrogen (secondary N) is 2. The predicted octanol–water partition coefficient (Wildman–Crippen LogP) is -1.35. The molecule has 3 saturated heterocycles. The van der Waals surface area contributed by atoms with Crippen molar-refractivity contribution in [1.82, 2.24) is 16.0 Å². The van der Waals surface area contributed by atoms with Crippen molar-refractivity contribution in [2.75, 3.05) is 6.54 Å². The molecule has 0 aromatic rings. The Morgan fingerprint density at radius 1 is 1.60 bits per heavy atom. The predicted molar refractivity (Wildman–Crippen MR) is 16.8 cm³/mol. The standard InChI is InChI=1S/C2H5N3/c1-2-3-5(1)4-2/h2-4H,1H2. The molecule has 0 aromatic heterocycles. The van der Waals surface area contributed by atoms with Crippen molar-refractivity contribution in [2.45, 2.75) is 6.17 Å². The third kappa shape index (κ3) is 0.0972. The molecule has 0 aliphatic carbocycles. The summed E-state index contributed by atoms with van der Waals surface area (Å²) in [4.78, 5) is 0. The molecular formula is C2H5N3. The number of hydrogen-bond donors (Lipinski definition) is 2. The van der Waals surface area contributed by atoms with Crippen LogP contribution in [0.2, 0.25) is 0 Å². The third-order valence-electron chi connectivity index (χ3n) is 0.988. The van der Waals surface area contributed by atoms with E-state index in [0.29, 0.717) is 6.17 Å². The van der Waals surface area contributed by atoms with Crippen molar-refractivity contribution in [1.29, 1.82) is 0 Å². The minimum absolute atomic E-state index is 0.634. The first-order chi connectivity index (χ1) is 2.45. The molecule has 3 heterocycles. The van der Waals surface area contributed by atoms with E-state index in [4.69, 9.17) is 0 Å². The number of hydrazine groups is 2. The molecule has 3 heteroatoms. The summed E-state index contributed by atoms with van der Waals surface area (Å²) in [7, 11) is 0. The number of nitrogens with zero attached hydrogens (tertiary/aromatic N) is 1. The van der Waals surface area contributed by atoms with E-state index in [-0.39, 0.29) is 0 Å². The lowest BCUT2D eigenvalue weighted by molar-refractivity contribution is -0.177. The summed E-state index contributed by atoms with van der Waals surface area (Å²) in [6, 6.07) is 0. The largest absolute Gasteiger partial charge is 0.222 e. The van der Waals surface area contributed by atoms with Crippen LogP contribution in [0.5, 0.6) is 0 Å². The fraction of sp³-hybridized carbons (Fsp3) is 1.00. The number of rotatable bonds is 0. The van der Waals surface area contributed by atoms with Gasteiger partial charge < -0.3 is 0 Å². The molecule has 2 N–H and O–H groups in total. The molecule has 0 radical (unpaired) electrons. The Bertz CT molecular complexity index is 41.6. The molecule has 0 amide bonds. The van der Waals surface area contributed by atoms with Crippen molar-refractivity contribution >= 4 is 0 Å². The van der Waals surface area contributed by atoms with Crippen LogP contribution >= 0.6 is 0 Å². The Hall–Kier alpha value is -0.120. The number of hydrogen-bond acceptors (Lipinski definition) is 3. The molecule has 2 bridgehead atoms. The van der Waals surface area contributed by atoms with E-state index >= 15 is 0 Å². The highest BCUT2D eigenvalue weighted by Crippen LogP contribution is 2.07. The molecule has 5 heavy (non-hydrogen) atoms. The van der Waals surface area contributed by atoms with Gasteiger partial charge in [-0.2, -0.15) is 5.12 Å². The minimum Gasteiger partial charge on any atom is -0.222 e. The van der Waals surface area contributed by atoms with Gasteiger partial charge in [0.05, 0.1) is 6.54 Å². The van der Waals surface area contributed by atoms with Crippen LogP contribution in [-0.2, 0) is 0 Å². The first-order valence-corrected chi connectivity index (χ1v) is 1.75. The van der Waals surface area contributed by atoms with Crippen LogP contribution in [-0.4, -0.2) is 17.8 Å². The van der Waals surface area contributed by atoms with Gasteiger partial charge >= 0.3 is 0 Å². The molecule has 0 atom stereocenters. The van der Waals surface area contributed by atoms with Crippen LogP contribution in [0.25, 0.3) is 0 Å². The SMILES string of the molecule is C1C2NN1N2. The fourth-order valence-electron chi connectivity index (χ4n) is 0.521. The average Bonchev–Trinajstić information content (AvgIpc) is 0.592. The molecule has 0 saturated carbocycles. The van der Waals surface area contributed by atoms with E-state index in [1.807, 2.05) is 5.12 Å². The van der Waals surface area contributed by atoms with Gasteiger partial charge in [0.15, 0.2) is 0 Å². The summed E-state index contributed by atoms with van der Waals surface area (Å²) in [6.45, 7) is 1.19. The normalized spacial score (nSPS) is 57.6. The average molecular weight is 71.1 g/mol. The lowest BCUT2D eigenvalue weighted by Gasteiger charge is -2.54. The molecule has 0 spiro atoms. The monoisotopic (exact) mass is 71.0 g/mol. The minimum atomic E-state index is 0.634. The van der Waals surface area contributed by atoms with E-state index in [9.17, 15) is 0 Å². The molecule has 3 rings (SSSR count). The molecule has 0 aromatic carbocycles. The fourth-order valence-corrected chi connectivity index (χ4v) is 0.521. The van der Waals surface area contributed by atoms with Crippen molar-refractivity contribution < 1.29 is 0 Å². The van der Waals surface area contributed by atoms with Gasteiger partial charge in [0.25, 0.3) is 0 Å². The molecule has 0 unspecified atom stereocenters. The maximum Gasteiger partial charge on any atom is 0.102 e. The first-order valence-electron chi connectivity index (χ1n) is 1.75. The summed E-state index contributed by atoms with van der Waals surface area (Å²) in [6.07, 6.45) is 0.634. The second-order valence-corrected chi connectivity index (χ2v) is 1.42. The van der Waals surface area contributed by atoms with Crippen LogP contribution < -0.4 is 10.9 Å². The zero-order chi connectivity index (χ0) is 3.28. The topological polar surface area (TPSA) is 27.3 Å². The van der Waals surface area contributed by atoms with Crippen LogP contribution in [0, 0.1) is 0 Å². The smallest absolute Gasteiger partial charge is 0.102 e. The van der Waals surface area contributed by atoms with Crippen molar-refractivity contribution in [3.63, 3.8) is 0 Å². The lowest BCUT2D eigenvalue weighted by Crippen LogP contribution is -2.87. The maximum atomic E-state index is 3.03. The van der Waals surface area contributed by atoms with Crippen LogP contribution in [0.15, 0.2) is 0 Å². The van der Waals surface area contributed by atoms with Gasteiger partial charge in [-0.05, 0) is 0 Å². The summed E-state index contributed by atoms with van der Waals surface area (Å²) in [5, 5.41) is 1.95. The highest BCUT2D eigenvalue weighted by molar-refractivity contribution is 4.83. The maximum absolute atomic E-state index is 3.03. The summed E-state index contributed by atoms with van der Waals surface area (Å²) in [5.74, 6) is 0. The quantitative estimate of drug-likeness (QED) is 0.370. The molecule has 3 nitrogen and oxygen atoms in total. The van der Waals surface area contributed by atoms with Gasteiger partial charge in [0.2, 0.25) is 0 Å². The van der Waals surface area contributed by atoms with Crippen LogP contribution in [0.1, 0.15) is 0 Å². The van der Waals surface area contributed by atoms with Gasteiger partial charge in [0.1, 0.15) is 6.17 Å². The van der Waals surface area contributed by atoms with Gasteiger partial charge in [0, 0.05) is 0 Å². The summed E-state index contributed by atoms with van der Waals surface area (Å²) in [5.41, 5.74) is 6.06. The second-order valence-electron chi connectivity index (χ2n) is 1.42. The zero-order valence-corrected chi connectivity index (χ0v) is 2.73. The van der Waals surface area contributed by atoms with Crippen LogP contribution in [0.4, 0.5) is 0 Å². The molecule has 3 aliphatic rings. The highest BCUT2D eigenvalue weighted by Gasteiger charge is 2.38. The van der Waals surface area contributed by atoms with Gasteiger partial charge in [-0.15, -0.1) is 0 Å². The van der Waals surface area contributed by atoms with E-state index < -0.39 is 0 Å². The highest BCUT2D eigenvalue weighted by atomic mass is 15.9. The Kier molecular flexibility index (Phi) is 0.173. The van der Waals surface area contributed by atoms with Gasteiger partial charge in [-0.3, -0.25) is 0 Å². The Balaban J connectivity index is 2.19. The molecular weight excluding hydrogens is 66.0 g/mol. The summed E-state index contributed by atoms with van der Waals surface area (Å²) >= 11 is 0. The third-order valence-corrected chi connectivity index (χ3v) is 0.988. The van der Waals surface area contributed by atoms with Crippen LogP contribution in [0.3, 0.4) is 0 Å². The van der Waals surface area contributed by atoms with E-state index in [1.165, 1.54) is 6.54 Å². The second kappa shape index (κ2) is 0.408. The lowest BCUT2D eigenvalue weighted by atomic mass is 10.3. The van der Waals surface area contributed by atoms with E-state index in [0.717, 1.165) is 0 Å².